The van der Waals surface area contributed by atoms with E-state index in [4.69, 9.17) is 0 Å². The third-order valence-electron chi connectivity index (χ3n) is 4.38. The number of nitrogens with zero attached hydrogens (tertiary/aromatic N) is 8. The van der Waals surface area contributed by atoms with Gasteiger partial charge in [0.25, 0.3) is 0 Å². The number of aromatic amines is 1. The van der Waals surface area contributed by atoms with Crippen LogP contribution in [0.2, 0.25) is 0 Å². The van der Waals surface area contributed by atoms with Crippen LogP contribution in [0.1, 0.15) is 0 Å². The highest BCUT2D eigenvalue weighted by molar-refractivity contribution is 5.87. The summed E-state index contributed by atoms with van der Waals surface area (Å²) in [5.74, 6) is 1.93. The van der Waals surface area contributed by atoms with Gasteiger partial charge in [-0.3, -0.25) is 0 Å². The zero-order valence-corrected chi connectivity index (χ0v) is 12.9. The molecule has 0 spiro atoms. The van der Waals surface area contributed by atoms with Gasteiger partial charge in [-0.2, -0.15) is 4.52 Å². The number of hydrogen-bond acceptors (Lipinski definition) is 7. The molecule has 4 aromatic heterocycles. The quantitative estimate of drug-likeness (QED) is 0.582. The minimum Gasteiger partial charge on any atom is -0.352 e. The van der Waals surface area contributed by atoms with Crippen LogP contribution >= 0.6 is 0 Å². The smallest absolute Gasteiger partial charge is 0.177 e. The molecule has 1 fully saturated rings. The first kappa shape index (κ1) is 13.2. The summed E-state index contributed by atoms with van der Waals surface area (Å²) in [5, 5.41) is 13.5. The molecule has 24 heavy (non-hydrogen) atoms. The molecule has 1 saturated heterocycles. The van der Waals surface area contributed by atoms with Crippen molar-refractivity contribution in [1.82, 2.24) is 34.8 Å². The zero-order valence-electron chi connectivity index (χ0n) is 12.9. The molecule has 5 rings (SSSR count). The largest absolute Gasteiger partial charge is 0.352 e. The van der Waals surface area contributed by atoms with E-state index in [1.807, 2.05) is 24.4 Å². The van der Waals surface area contributed by atoms with Crippen molar-refractivity contribution in [2.24, 2.45) is 0 Å². The zero-order chi connectivity index (χ0) is 15.9. The standard InChI is InChI=1S/C15H15N9/c1-2-13(21-24-10-19-20-12(1)24)22-5-7-23(8-6-22)15-11-3-4-16-14(11)17-9-18-15/h1-4,9-10H,5-8H2,(H,16,17,18). The number of anilines is 2. The number of H-pyrrole nitrogens is 1. The van der Waals surface area contributed by atoms with E-state index in [-0.39, 0.29) is 0 Å². The van der Waals surface area contributed by atoms with Crippen LogP contribution in [-0.4, -0.2) is 60.9 Å². The fourth-order valence-corrected chi connectivity index (χ4v) is 3.15. The van der Waals surface area contributed by atoms with Gasteiger partial charge in [0.2, 0.25) is 0 Å². The Morgan fingerprint density at radius 3 is 2.75 bits per heavy atom. The van der Waals surface area contributed by atoms with Crippen LogP contribution in [0.25, 0.3) is 16.7 Å². The Balaban J connectivity index is 1.38. The lowest BCUT2D eigenvalue weighted by molar-refractivity contribution is 0.637. The lowest BCUT2D eigenvalue weighted by Gasteiger charge is -2.36. The van der Waals surface area contributed by atoms with Gasteiger partial charge in [-0.05, 0) is 18.2 Å². The van der Waals surface area contributed by atoms with E-state index in [2.05, 4.69) is 40.0 Å². The van der Waals surface area contributed by atoms with E-state index in [1.165, 1.54) is 0 Å². The molecule has 120 valence electrons. The molecule has 0 bridgehead atoms. The van der Waals surface area contributed by atoms with E-state index < -0.39 is 0 Å². The summed E-state index contributed by atoms with van der Waals surface area (Å²) in [7, 11) is 0. The van der Waals surface area contributed by atoms with Crippen molar-refractivity contribution in [3.05, 3.63) is 37.1 Å². The molecule has 0 amide bonds. The number of hydrogen-bond donors (Lipinski definition) is 1. The topological polar surface area (TPSA) is 91.1 Å². The van der Waals surface area contributed by atoms with Crippen LogP contribution in [0, 0.1) is 0 Å². The molecule has 4 aromatic rings. The van der Waals surface area contributed by atoms with Gasteiger partial charge < -0.3 is 14.8 Å². The second-order valence-corrected chi connectivity index (χ2v) is 5.74. The first-order chi connectivity index (χ1) is 11.9. The number of nitrogens with one attached hydrogen (secondary N) is 1. The fraction of sp³-hybridized carbons (Fsp3) is 0.267. The van der Waals surface area contributed by atoms with Crippen molar-refractivity contribution in [3.8, 4) is 0 Å². The highest BCUT2D eigenvalue weighted by atomic mass is 15.4. The van der Waals surface area contributed by atoms with Gasteiger partial charge in [-0.15, -0.1) is 15.3 Å². The van der Waals surface area contributed by atoms with Crippen molar-refractivity contribution in [3.63, 3.8) is 0 Å². The molecule has 0 unspecified atom stereocenters. The van der Waals surface area contributed by atoms with Gasteiger partial charge in [-0.25, -0.2) is 9.97 Å². The Labute approximate surface area is 137 Å². The molecule has 0 atom stereocenters. The van der Waals surface area contributed by atoms with E-state index >= 15 is 0 Å². The normalized spacial score (nSPS) is 15.5. The van der Waals surface area contributed by atoms with Crippen molar-refractivity contribution < 1.29 is 0 Å². The van der Waals surface area contributed by atoms with Crippen LogP contribution in [0.3, 0.4) is 0 Å². The molecular weight excluding hydrogens is 306 g/mol. The number of aromatic nitrogens is 7. The highest BCUT2D eigenvalue weighted by Gasteiger charge is 2.21. The Morgan fingerprint density at radius 2 is 1.83 bits per heavy atom. The Hall–Kier alpha value is -3.23. The van der Waals surface area contributed by atoms with Crippen LogP contribution in [-0.2, 0) is 0 Å². The molecule has 0 aromatic carbocycles. The third-order valence-corrected chi connectivity index (χ3v) is 4.38. The minimum atomic E-state index is 0.758. The number of fused-ring (bicyclic) bond motifs is 2. The Bertz CT molecular complexity index is 996. The molecule has 1 N–H and O–H groups in total. The molecule has 1 aliphatic rings. The molecule has 0 saturated carbocycles. The summed E-state index contributed by atoms with van der Waals surface area (Å²) < 4.78 is 1.70. The highest BCUT2D eigenvalue weighted by Crippen LogP contribution is 2.24. The second-order valence-electron chi connectivity index (χ2n) is 5.74. The van der Waals surface area contributed by atoms with Gasteiger partial charge in [0, 0.05) is 32.4 Å². The molecular formula is C15H15N9. The van der Waals surface area contributed by atoms with E-state index in [9.17, 15) is 0 Å². The van der Waals surface area contributed by atoms with Crippen molar-refractivity contribution in [1.29, 1.82) is 0 Å². The van der Waals surface area contributed by atoms with Crippen LogP contribution in [0.5, 0.6) is 0 Å². The van der Waals surface area contributed by atoms with E-state index in [0.717, 1.165) is 54.5 Å². The monoisotopic (exact) mass is 321 g/mol. The molecule has 1 aliphatic heterocycles. The predicted octanol–water partition coefficient (Wildman–Crippen LogP) is 0.722. The maximum Gasteiger partial charge on any atom is 0.177 e. The van der Waals surface area contributed by atoms with Crippen molar-refractivity contribution in [2.75, 3.05) is 36.0 Å². The molecule has 9 heteroatoms. The number of piperazine rings is 1. The third kappa shape index (κ3) is 2.05. The summed E-state index contributed by atoms with van der Waals surface area (Å²) in [6, 6.07) is 5.96. The average Bonchev–Trinajstić information content (AvgIpc) is 3.30. The summed E-state index contributed by atoms with van der Waals surface area (Å²) >= 11 is 0. The van der Waals surface area contributed by atoms with E-state index in [1.54, 1.807) is 17.2 Å². The lowest BCUT2D eigenvalue weighted by atomic mass is 10.2. The van der Waals surface area contributed by atoms with Crippen molar-refractivity contribution in [2.45, 2.75) is 0 Å². The van der Waals surface area contributed by atoms with Gasteiger partial charge in [-0.1, -0.05) is 0 Å². The van der Waals surface area contributed by atoms with Crippen molar-refractivity contribution >= 4 is 28.3 Å². The summed E-state index contributed by atoms with van der Waals surface area (Å²) in [6.07, 6.45) is 5.14. The average molecular weight is 321 g/mol. The molecule has 0 aliphatic carbocycles. The molecule has 9 nitrogen and oxygen atoms in total. The lowest BCUT2D eigenvalue weighted by Crippen LogP contribution is -2.47. The first-order valence-electron chi connectivity index (χ1n) is 7.83. The van der Waals surface area contributed by atoms with Crippen LogP contribution in [0.4, 0.5) is 11.6 Å². The van der Waals surface area contributed by atoms with Crippen LogP contribution < -0.4 is 9.80 Å². The summed E-state index contributed by atoms with van der Waals surface area (Å²) in [4.78, 5) is 16.4. The van der Waals surface area contributed by atoms with Gasteiger partial charge in [0.1, 0.15) is 29.9 Å². The SMILES string of the molecule is c1nc(N2CCN(c3ccc4nncn4n3)CC2)c2cc[nH]c2n1. The first-order valence-corrected chi connectivity index (χ1v) is 7.83. The minimum absolute atomic E-state index is 0.758. The summed E-state index contributed by atoms with van der Waals surface area (Å²) in [6.45, 7) is 3.55. The Morgan fingerprint density at radius 1 is 0.958 bits per heavy atom. The maximum absolute atomic E-state index is 4.57. The molecule has 0 radical (unpaired) electrons. The fourth-order valence-electron chi connectivity index (χ4n) is 3.15. The van der Waals surface area contributed by atoms with Gasteiger partial charge in [0.15, 0.2) is 5.65 Å². The summed E-state index contributed by atoms with van der Waals surface area (Å²) in [5.41, 5.74) is 1.63. The maximum atomic E-state index is 4.57. The van der Waals surface area contributed by atoms with Gasteiger partial charge >= 0.3 is 0 Å². The molecule has 5 heterocycles. The van der Waals surface area contributed by atoms with Gasteiger partial charge in [0.05, 0.1) is 5.39 Å². The Kier molecular flexibility index (Phi) is 2.84. The van der Waals surface area contributed by atoms with Crippen LogP contribution in [0.15, 0.2) is 37.1 Å². The van der Waals surface area contributed by atoms with E-state index in [0.29, 0.717) is 0 Å². The predicted molar refractivity (Wildman–Crippen MR) is 89.1 cm³/mol. The second kappa shape index (κ2) is 5.15. The number of rotatable bonds is 2.